The van der Waals surface area contributed by atoms with Crippen LogP contribution in [0.2, 0.25) is 0 Å². The van der Waals surface area contributed by atoms with E-state index in [1.54, 1.807) is 47.0 Å². The van der Waals surface area contributed by atoms with Gasteiger partial charge in [0.05, 0.1) is 22.4 Å². The molecule has 0 radical (unpaired) electrons. The number of amides is 2. The van der Waals surface area contributed by atoms with E-state index >= 15 is 0 Å². The lowest BCUT2D eigenvalue weighted by atomic mass is 10.0. The number of hydrogen-bond donors (Lipinski definition) is 3. The summed E-state index contributed by atoms with van der Waals surface area (Å²) in [5.74, 6) is -1.85. The number of nitrogens with one attached hydrogen (secondary N) is 1. The second-order valence-electron chi connectivity index (χ2n) is 9.97. The van der Waals surface area contributed by atoms with E-state index in [1.807, 2.05) is 19.1 Å². The Morgan fingerprint density at radius 3 is 2.47 bits per heavy atom. The number of hydrazone groups is 1. The van der Waals surface area contributed by atoms with Gasteiger partial charge in [0.15, 0.2) is 5.71 Å². The highest BCUT2D eigenvalue weighted by atomic mass is 32.2. The van der Waals surface area contributed by atoms with Crippen LogP contribution >= 0.6 is 11.8 Å². The molecule has 4 N–H and O–H groups in total. The maximum Gasteiger partial charge on any atom is 0.417 e. The summed E-state index contributed by atoms with van der Waals surface area (Å²) in [4.78, 5) is 39.7. The molecule has 0 atom stereocenters. The van der Waals surface area contributed by atoms with Crippen molar-refractivity contribution in [1.82, 2.24) is 5.43 Å². The standard InChI is InChI=1S/C31H31F3N4O4S/c1-2-3-4-16-38-25-15-14-21(43-17-6-7-19-10-12-20(13-11-19)30(41)42)18-22(25)27(29(38)40)36-37-28(39)26-23(31(32,33)34)8-5-9-24(26)35/h5,8-15,18H,2-4,6-7,16-17,35H2,1H3,(H,37,39)(H,41,42). The van der Waals surface area contributed by atoms with Crippen molar-refractivity contribution in [2.24, 2.45) is 5.10 Å². The first-order chi connectivity index (χ1) is 20.5. The summed E-state index contributed by atoms with van der Waals surface area (Å²) in [6.07, 6.45) is -0.639. The van der Waals surface area contributed by atoms with Gasteiger partial charge < -0.3 is 15.7 Å². The average Bonchev–Trinajstić information content (AvgIpc) is 3.23. The van der Waals surface area contributed by atoms with E-state index in [2.05, 4.69) is 10.5 Å². The van der Waals surface area contributed by atoms with Crippen LogP contribution in [-0.4, -0.2) is 40.9 Å². The molecular formula is C31H31F3N4O4S. The second-order valence-corrected chi connectivity index (χ2v) is 11.1. The predicted octanol–water partition coefficient (Wildman–Crippen LogP) is 6.38. The maximum absolute atomic E-state index is 13.5. The molecule has 1 aliphatic rings. The van der Waals surface area contributed by atoms with E-state index in [-0.39, 0.29) is 17.0 Å². The third kappa shape index (κ3) is 7.56. The number of carbonyl (C=O) groups excluding carboxylic acids is 2. The fourth-order valence-corrected chi connectivity index (χ4v) is 5.62. The minimum absolute atomic E-state index is 0.0659. The highest BCUT2D eigenvalue weighted by Crippen LogP contribution is 2.35. The van der Waals surface area contributed by atoms with Crippen LogP contribution in [0.25, 0.3) is 0 Å². The Morgan fingerprint density at radius 1 is 1.05 bits per heavy atom. The van der Waals surface area contributed by atoms with Gasteiger partial charge in [0, 0.05) is 22.7 Å². The molecule has 1 heterocycles. The summed E-state index contributed by atoms with van der Waals surface area (Å²) in [5.41, 5.74) is 7.83. The van der Waals surface area contributed by atoms with Crippen LogP contribution in [0.15, 0.2) is 70.7 Å². The van der Waals surface area contributed by atoms with E-state index in [0.717, 1.165) is 60.4 Å². The van der Waals surface area contributed by atoms with Crippen LogP contribution < -0.4 is 16.1 Å². The number of nitrogen functional groups attached to an aromatic ring is 1. The molecule has 226 valence electrons. The van der Waals surface area contributed by atoms with Crippen molar-refractivity contribution in [3.8, 4) is 0 Å². The van der Waals surface area contributed by atoms with Crippen LogP contribution in [0.3, 0.4) is 0 Å². The lowest BCUT2D eigenvalue weighted by Gasteiger charge is -2.16. The van der Waals surface area contributed by atoms with Gasteiger partial charge >= 0.3 is 12.1 Å². The fraction of sp³-hybridized carbons (Fsp3) is 0.290. The predicted molar refractivity (Wildman–Crippen MR) is 161 cm³/mol. The molecule has 3 aromatic carbocycles. The summed E-state index contributed by atoms with van der Waals surface area (Å²) in [6, 6.07) is 15.3. The zero-order chi connectivity index (χ0) is 31.1. The number of thioether (sulfide) groups is 1. The topological polar surface area (TPSA) is 125 Å². The molecule has 43 heavy (non-hydrogen) atoms. The number of anilines is 2. The average molecular weight is 613 g/mol. The number of fused-ring (bicyclic) bond motifs is 1. The van der Waals surface area contributed by atoms with Gasteiger partial charge in [-0.3, -0.25) is 9.59 Å². The number of carboxylic acid groups (broad SMARTS) is 1. The maximum atomic E-state index is 13.5. The van der Waals surface area contributed by atoms with Gasteiger partial charge in [-0.2, -0.15) is 18.3 Å². The Kier molecular flexibility index (Phi) is 10.1. The number of aryl methyl sites for hydroxylation is 1. The van der Waals surface area contributed by atoms with Crippen molar-refractivity contribution in [3.05, 3.63) is 88.5 Å². The number of benzene rings is 3. The number of aromatic carboxylic acids is 1. The highest BCUT2D eigenvalue weighted by Gasteiger charge is 2.37. The molecule has 0 aromatic heterocycles. The van der Waals surface area contributed by atoms with E-state index in [4.69, 9.17) is 10.8 Å². The van der Waals surface area contributed by atoms with Crippen molar-refractivity contribution < 1.29 is 32.7 Å². The Labute approximate surface area is 251 Å². The third-order valence-electron chi connectivity index (χ3n) is 6.92. The Bertz CT molecular complexity index is 1540. The number of carboxylic acids is 1. The van der Waals surface area contributed by atoms with E-state index in [1.165, 1.54) is 6.07 Å². The van der Waals surface area contributed by atoms with Crippen LogP contribution in [0, 0.1) is 0 Å². The van der Waals surface area contributed by atoms with Crippen molar-refractivity contribution in [1.29, 1.82) is 0 Å². The molecule has 2 amide bonds. The molecule has 1 aliphatic heterocycles. The molecule has 12 heteroatoms. The fourth-order valence-electron chi connectivity index (χ4n) is 4.74. The van der Waals surface area contributed by atoms with Crippen LogP contribution in [0.5, 0.6) is 0 Å². The Balaban J connectivity index is 1.52. The molecule has 0 unspecified atom stereocenters. The molecule has 0 saturated heterocycles. The molecule has 8 nitrogen and oxygen atoms in total. The molecule has 4 rings (SSSR count). The smallest absolute Gasteiger partial charge is 0.417 e. The minimum atomic E-state index is -4.81. The molecule has 0 aliphatic carbocycles. The normalized spacial score (nSPS) is 13.8. The summed E-state index contributed by atoms with van der Waals surface area (Å²) < 4.78 is 40.6. The van der Waals surface area contributed by atoms with Crippen LogP contribution in [0.1, 0.15) is 70.0 Å². The second kappa shape index (κ2) is 13.8. The molecule has 0 bridgehead atoms. The molecular weight excluding hydrogens is 581 g/mol. The number of halogens is 3. The third-order valence-corrected chi connectivity index (χ3v) is 8.00. The number of rotatable bonds is 12. The van der Waals surface area contributed by atoms with Crippen molar-refractivity contribution >= 4 is 46.6 Å². The van der Waals surface area contributed by atoms with E-state index in [9.17, 15) is 27.6 Å². The zero-order valence-corrected chi connectivity index (χ0v) is 24.2. The molecule has 0 saturated carbocycles. The largest absolute Gasteiger partial charge is 0.478 e. The molecule has 3 aromatic rings. The van der Waals surface area contributed by atoms with Crippen molar-refractivity contribution in [2.45, 2.75) is 50.1 Å². The van der Waals surface area contributed by atoms with Crippen molar-refractivity contribution in [2.75, 3.05) is 22.9 Å². The number of hydrogen-bond acceptors (Lipinski definition) is 6. The first kappa shape index (κ1) is 31.6. The zero-order valence-electron chi connectivity index (χ0n) is 23.4. The van der Waals surface area contributed by atoms with E-state index in [0.29, 0.717) is 17.8 Å². The molecule has 0 fully saturated rings. The summed E-state index contributed by atoms with van der Waals surface area (Å²) >= 11 is 1.56. The lowest BCUT2D eigenvalue weighted by molar-refractivity contribution is -0.137. The van der Waals surface area contributed by atoms with Crippen molar-refractivity contribution in [3.63, 3.8) is 0 Å². The summed E-state index contributed by atoms with van der Waals surface area (Å²) in [5, 5.41) is 13.1. The van der Waals surface area contributed by atoms with Crippen LogP contribution in [0.4, 0.5) is 24.5 Å². The first-order valence-corrected chi connectivity index (χ1v) is 14.7. The van der Waals surface area contributed by atoms with Crippen LogP contribution in [-0.2, 0) is 17.4 Å². The highest BCUT2D eigenvalue weighted by molar-refractivity contribution is 7.99. The van der Waals surface area contributed by atoms with Gasteiger partial charge in [-0.05, 0) is 73.0 Å². The Morgan fingerprint density at radius 2 is 1.79 bits per heavy atom. The lowest BCUT2D eigenvalue weighted by Crippen LogP contribution is -2.33. The number of alkyl halides is 3. The summed E-state index contributed by atoms with van der Waals surface area (Å²) in [7, 11) is 0. The quantitative estimate of drug-likeness (QED) is 0.0944. The number of nitrogens with zero attached hydrogens (tertiary/aromatic N) is 2. The molecule has 0 spiro atoms. The monoisotopic (exact) mass is 612 g/mol. The van der Waals surface area contributed by atoms with Gasteiger partial charge in [-0.25, -0.2) is 10.2 Å². The number of unbranched alkanes of at least 4 members (excludes halogenated alkanes) is 2. The Hall–Kier alpha value is -4.32. The number of carbonyl (C=O) groups is 3. The van der Waals surface area contributed by atoms with Gasteiger partial charge in [0.2, 0.25) is 0 Å². The van der Waals surface area contributed by atoms with Gasteiger partial charge in [-0.15, -0.1) is 11.8 Å². The number of nitrogens with two attached hydrogens (primary N) is 1. The first-order valence-electron chi connectivity index (χ1n) is 13.8. The van der Waals surface area contributed by atoms with E-state index < -0.39 is 35.1 Å². The summed E-state index contributed by atoms with van der Waals surface area (Å²) in [6.45, 7) is 2.48. The SMILES string of the molecule is CCCCCN1C(=O)C(=NNC(=O)c2c(N)cccc2C(F)(F)F)c2cc(SCCCc3ccc(C(=O)O)cc3)ccc21. The van der Waals surface area contributed by atoms with Gasteiger partial charge in [-0.1, -0.05) is 38.0 Å². The minimum Gasteiger partial charge on any atom is -0.478 e. The van der Waals surface area contributed by atoms with Gasteiger partial charge in [0.1, 0.15) is 0 Å². The van der Waals surface area contributed by atoms with Gasteiger partial charge in [0.25, 0.3) is 11.8 Å².